The maximum atomic E-state index is 13.0. The fraction of sp³-hybridized carbons (Fsp3) is 0.435. The Morgan fingerprint density at radius 2 is 2.16 bits per heavy atom. The topological polar surface area (TPSA) is 101 Å². The molecule has 2 aromatic heterocycles. The van der Waals surface area contributed by atoms with Crippen LogP contribution in [0.5, 0.6) is 0 Å². The first-order chi connectivity index (χ1) is 15.6. The third-order valence-corrected chi connectivity index (χ3v) is 5.64. The van der Waals surface area contributed by atoms with Crippen molar-refractivity contribution in [1.82, 2.24) is 35.4 Å². The summed E-state index contributed by atoms with van der Waals surface area (Å²) >= 11 is 0. The van der Waals surface area contributed by atoms with E-state index in [2.05, 4.69) is 47.5 Å². The van der Waals surface area contributed by atoms with Gasteiger partial charge in [-0.2, -0.15) is 0 Å². The van der Waals surface area contributed by atoms with Gasteiger partial charge in [0, 0.05) is 31.9 Å². The average Bonchev–Trinajstić information content (AvgIpc) is 3.24. The Kier molecular flexibility index (Phi) is 6.61. The van der Waals surface area contributed by atoms with Gasteiger partial charge < -0.3 is 15.5 Å². The van der Waals surface area contributed by atoms with Crippen LogP contribution in [0.1, 0.15) is 41.6 Å². The molecule has 1 aromatic carbocycles. The molecular weight excluding hydrogens is 404 g/mol. The molecular formula is C23H28N8O. The molecule has 9 nitrogen and oxygen atoms in total. The number of piperidine rings is 1. The number of likely N-dealkylation sites (N-methyl/N-ethyl adjacent to an activating group) is 1. The zero-order valence-corrected chi connectivity index (χ0v) is 18.7. The zero-order chi connectivity index (χ0) is 22.5. The van der Waals surface area contributed by atoms with Gasteiger partial charge in [0.25, 0.3) is 5.91 Å². The maximum Gasteiger partial charge on any atom is 0.289 e. The van der Waals surface area contributed by atoms with Crippen molar-refractivity contribution in [3.63, 3.8) is 0 Å². The summed E-state index contributed by atoms with van der Waals surface area (Å²) in [4.78, 5) is 24.1. The quantitative estimate of drug-likeness (QED) is 0.572. The van der Waals surface area contributed by atoms with Gasteiger partial charge in [0.2, 0.25) is 11.8 Å². The summed E-state index contributed by atoms with van der Waals surface area (Å²) in [5.74, 6) is 6.62. The van der Waals surface area contributed by atoms with Crippen LogP contribution in [0.25, 0.3) is 11.0 Å². The highest BCUT2D eigenvalue weighted by atomic mass is 16.2. The van der Waals surface area contributed by atoms with Gasteiger partial charge in [0.1, 0.15) is 0 Å². The van der Waals surface area contributed by atoms with Crippen LogP contribution in [0.4, 0.5) is 5.95 Å². The van der Waals surface area contributed by atoms with Crippen molar-refractivity contribution >= 4 is 22.9 Å². The molecule has 1 aliphatic rings. The first kappa shape index (κ1) is 21.7. The Labute approximate surface area is 187 Å². The molecule has 1 amide bonds. The minimum absolute atomic E-state index is 0.269. The number of aryl methyl sites for hydroxylation is 1. The first-order valence-corrected chi connectivity index (χ1v) is 10.8. The summed E-state index contributed by atoms with van der Waals surface area (Å²) in [6.07, 6.45) is 3.93. The fourth-order valence-corrected chi connectivity index (χ4v) is 3.92. The number of carbonyl (C=O) groups is 1. The van der Waals surface area contributed by atoms with Crippen LogP contribution in [0.15, 0.2) is 24.4 Å². The second-order valence-electron chi connectivity index (χ2n) is 7.93. The number of nitrogens with one attached hydrogen (secondary N) is 2. The molecule has 32 heavy (non-hydrogen) atoms. The van der Waals surface area contributed by atoms with Crippen LogP contribution in [-0.2, 0) is 13.1 Å². The molecule has 0 radical (unpaired) electrons. The summed E-state index contributed by atoms with van der Waals surface area (Å²) in [6, 6.07) is 6.19. The van der Waals surface area contributed by atoms with Crippen LogP contribution < -0.4 is 15.5 Å². The monoisotopic (exact) mass is 432 g/mol. The highest BCUT2D eigenvalue weighted by Gasteiger charge is 2.26. The number of amides is 1. The van der Waals surface area contributed by atoms with E-state index in [9.17, 15) is 4.79 Å². The van der Waals surface area contributed by atoms with Crippen molar-refractivity contribution in [2.24, 2.45) is 0 Å². The SMILES string of the molecule is CC#CCn1c(C(=O)NCc2ccc3ncc(C)nc3c2)nnc1N1CCCC(NC)C1. The predicted octanol–water partition coefficient (Wildman–Crippen LogP) is 1.67. The van der Waals surface area contributed by atoms with Crippen LogP contribution in [-0.4, -0.2) is 56.8 Å². The predicted molar refractivity (Wildman–Crippen MR) is 123 cm³/mol. The molecule has 0 saturated carbocycles. The van der Waals surface area contributed by atoms with Crippen LogP contribution >= 0.6 is 0 Å². The number of benzene rings is 1. The molecule has 1 fully saturated rings. The number of aromatic nitrogens is 5. The highest BCUT2D eigenvalue weighted by molar-refractivity contribution is 5.91. The second kappa shape index (κ2) is 9.75. The number of hydrogen-bond donors (Lipinski definition) is 2. The van der Waals surface area contributed by atoms with E-state index >= 15 is 0 Å². The van der Waals surface area contributed by atoms with Gasteiger partial charge in [0.05, 0.1) is 23.3 Å². The van der Waals surface area contributed by atoms with Gasteiger partial charge in [-0.1, -0.05) is 12.0 Å². The van der Waals surface area contributed by atoms with E-state index in [0.717, 1.165) is 48.2 Å². The van der Waals surface area contributed by atoms with Crippen LogP contribution in [0.3, 0.4) is 0 Å². The molecule has 0 bridgehead atoms. The van der Waals surface area contributed by atoms with E-state index in [4.69, 9.17) is 0 Å². The highest BCUT2D eigenvalue weighted by Crippen LogP contribution is 2.19. The van der Waals surface area contributed by atoms with Crippen molar-refractivity contribution in [2.45, 2.75) is 45.8 Å². The van der Waals surface area contributed by atoms with E-state index in [-0.39, 0.29) is 11.7 Å². The lowest BCUT2D eigenvalue weighted by molar-refractivity contribution is 0.0936. The van der Waals surface area contributed by atoms with Crippen LogP contribution in [0.2, 0.25) is 0 Å². The van der Waals surface area contributed by atoms with Crippen molar-refractivity contribution in [3.8, 4) is 11.8 Å². The molecule has 1 atom stereocenters. The first-order valence-electron chi connectivity index (χ1n) is 10.8. The summed E-state index contributed by atoms with van der Waals surface area (Å²) in [7, 11) is 1.97. The zero-order valence-electron chi connectivity index (χ0n) is 18.7. The lowest BCUT2D eigenvalue weighted by Gasteiger charge is -2.33. The molecule has 1 aliphatic heterocycles. The van der Waals surface area contributed by atoms with E-state index in [1.54, 1.807) is 17.7 Å². The van der Waals surface area contributed by atoms with Gasteiger partial charge in [0.15, 0.2) is 0 Å². The molecule has 1 saturated heterocycles. The average molecular weight is 433 g/mol. The number of rotatable bonds is 6. The Bertz CT molecular complexity index is 1180. The van der Waals surface area contributed by atoms with Crippen molar-refractivity contribution in [3.05, 3.63) is 41.5 Å². The Morgan fingerprint density at radius 1 is 1.28 bits per heavy atom. The van der Waals surface area contributed by atoms with Gasteiger partial charge in [-0.3, -0.25) is 14.3 Å². The minimum atomic E-state index is -0.278. The van der Waals surface area contributed by atoms with E-state index in [1.807, 2.05) is 32.2 Å². The maximum absolute atomic E-state index is 13.0. The molecule has 0 aliphatic carbocycles. The van der Waals surface area contributed by atoms with Gasteiger partial charge in [-0.15, -0.1) is 16.1 Å². The largest absolute Gasteiger partial charge is 0.345 e. The Morgan fingerprint density at radius 3 is 2.97 bits per heavy atom. The van der Waals surface area contributed by atoms with Crippen molar-refractivity contribution < 1.29 is 4.79 Å². The molecule has 4 rings (SSSR count). The van der Waals surface area contributed by atoms with Crippen molar-refractivity contribution in [2.75, 3.05) is 25.0 Å². The number of hydrogen-bond acceptors (Lipinski definition) is 7. The summed E-state index contributed by atoms with van der Waals surface area (Å²) < 4.78 is 1.80. The normalized spacial score (nSPS) is 16.0. The summed E-state index contributed by atoms with van der Waals surface area (Å²) in [6.45, 7) is 6.13. The fourth-order valence-electron chi connectivity index (χ4n) is 3.92. The Hall–Kier alpha value is -3.51. The third-order valence-electron chi connectivity index (χ3n) is 5.64. The number of fused-ring (bicyclic) bond motifs is 1. The Balaban J connectivity index is 1.52. The van der Waals surface area contributed by atoms with E-state index in [0.29, 0.717) is 25.1 Å². The van der Waals surface area contributed by atoms with Crippen molar-refractivity contribution in [1.29, 1.82) is 0 Å². The van der Waals surface area contributed by atoms with E-state index < -0.39 is 0 Å². The van der Waals surface area contributed by atoms with E-state index in [1.165, 1.54) is 0 Å². The molecule has 1 unspecified atom stereocenters. The summed E-state index contributed by atoms with van der Waals surface area (Å²) in [5.41, 5.74) is 3.44. The second-order valence-corrected chi connectivity index (χ2v) is 7.93. The van der Waals surface area contributed by atoms with Crippen LogP contribution in [0, 0.1) is 18.8 Å². The van der Waals surface area contributed by atoms with Gasteiger partial charge in [-0.25, -0.2) is 4.98 Å². The molecule has 3 aromatic rings. The number of anilines is 1. The number of carbonyl (C=O) groups excluding carboxylic acids is 1. The molecule has 2 N–H and O–H groups in total. The number of nitrogens with zero attached hydrogens (tertiary/aromatic N) is 6. The standard InChI is InChI=1S/C23H28N8O/c1-4-5-11-31-21(28-29-23(31)30-10-6-7-18(15-30)24-3)22(32)26-14-17-8-9-19-20(12-17)27-16(2)13-25-19/h8-9,12-13,18,24H,6-7,10-11,14-15H2,1-3H3,(H,26,32). The molecule has 3 heterocycles. The van der Waals surface area contributed by atoms with Gasteiger partial charge in [-0.05, 0) is 51.4 Å². The molecule has 9 heteroatoms. The molecule has 0 spiro atoms. The smallest absolute Gasteiger partial charge is 0.289 e. The lowest BCUT2D eigenvalue weighted by Crippen LogP contribution is -2.45. The van der Waals surface area contributed by atoms with Gasteiger partial charge >= 0.3 is 0 Å². The summed E-state index contributed by atoms with van der Waals surface area (Å²) in [5, 5.41) is 14.9. The lowest BCUT2D eigenvalue weighted by atomic mass is 10.1. The third kappa shape index (κ3) is 4.70. The minimum Gasteiger partial charge on any atom is -0.345 e. The molecule has 166 valence electrons.